The lowest BCUT2D eigenvalue weighted by Gasteiger charge is -2.12. The van der Waals surface area contributed by atoms with Crippen LogP contribution in [0.5, 0.6) is 0 Å². The molecule has 13 heavy (non-hydrogen) atoms. The average molecular weight is 183 g/mol. The molecule has 2 atom stereocenters. The van der Waals surface area contributed by atoms with E-state index in [2.05, 4.69) is 19.2 Å². The summed E-state index contributed by atoms with van der Waals surface area (Å²) in [5.41, 5.74) is 0. The molecule has 1 aliphatic rings. The van der Waals surface area contributed by atoms with Gasteiger partial charge in [-0.15, -0.1) is 0 Å². The van der Waals surface area contributed by atoms with Crippen molar-refractivity contribution in [1.29, 1.82) is 0 Å². The quantitative estimate of drug-likeness (QED) is 0.666. The standard InChI is InChI=1S/C12H25N/c1-3-5-6-11-7-8-12(10-11)13-9-4-2/h11-13H,3-10H2,1-2H3. The molecule has 0 spiro atoms. The van der Waals surface area contributed by atoms with E-state index in [0.29, 0.717) is 0 Å². The van der Waals surface area contributed by atoms with Crippen LogP contribution in [0, 0.1) is 5.92 Å². The van der Waals surface area contributed by atoms with Crippen molar-refractivity contribution in [3.63, 3.8) is 0 Å². The van der Waals surface area contributed by atoms with E-state index in [4.69, 9.17) is 0 Å². The summed E-state index contributed by atoms with van der Waals surface area (Å²) in [5, 5.41) is 3.64. The van der Waals surface area contributed by atoms with E-state index in [-0.39, 0.29) is 0 Å². The van der Waals surface area contributed by atoms with Crippen LogP contribution in [0.2, 0.25) is 0 Å². The van der Waals surface area contributed by atoms with Gasteiger partial charge in [0.15, 0.2) is 0 Å². The molecule has 2 unspecified atom stereocenters. The van der Waals surface area contributed by atoms with Crippen LogP contribution in [0.25, 0.3) is 0 Å². The number of hydrogen-bond acceptors (Lipinski definition) is 1. The fourth-order valence-corrected chi connectivity index (χ4v) is 2.36. The van der Waals surface area contributed by atoms with Crippen LogP contribution < -0.4 is 5.32 Å². The normalized spacial score (nSPS) is 28.2. The molecule has 1 rings (SSSR count). The molecular formula is C12H25N. The molecule has 0 aromatic rings. The summed E-state index contributed by atoms with van der Waals surface area (Å²) in [5.74, 6) is 1.04. The Labute approximate surface area is 83.3 Å². The first kappa shape index (κ1) is 11.0. The van der Waals surface area contributed by atoms with Gasteiger partial charge in [-0.25, -0.2) is 0 Å². The Balaban J connectivity index is 2.05. The van der Waals surface area contributed by atoms with Gasteiger partial charge in [0.1, 0.15) is 0 Å². The highest BCUT2D eigenvalue weighted by Gasteiger charge is 2.22. The first-order valence-corrected chi connectivity index (χ1v) is 6.10. The minimum absolute atomic E-state index is 0.849. The van der Waals surface area contributed by atoms with E-state index in [1.165, 1.54) is 51.5 Å². The minimum atomic E-state index is 0.849. The first-order chi connectivity index (χ1) is 6.36. The Morgan fingerprint density at radius 2 is 2.00 bits per heavy atom. The second kappa shape index (κ2) is 6.42. The predicted octanol–water partition coefficient (Wildman–Crippen LogP) is 3.34. The smallest absolute Gasteiger partial charge is 0.00698 e. The topological polar surface area (TPSA) is 12.0 Å². The first-order valence-electron chi connectivity index (χ1n) is 6.10. The second-order valence-corrected chi connectivity index (χ2v) is 4.47. The van der Waals surface area contributed by atoms with E-state index in [0.717, 1.165) is 12.0 Å². The molecule has 0 aliphatic heterocycles. The van der Waals surface area contributed by atoms with Crippen LogP contribution in [0.4, 0.5) is 0 Å². The Morgan fingerprint density at radius 3 is 2.69 bits per heavy atom. The summed E-state index contributed by atoms with van der Waals surface area (Å²) in [4.78, 5) is 0. The second-order valence-electron chi connectivity index (χ2n) is 4.47. The zero-order chi connectivity index (χ0) is 9.52. The van der Waals surface area contributed by atoms with Gasteiger partial charge in [-0.05, 0) is 38.1 Å². The SMILES string of the molecule is CCCCC1CCC(NCCC)C1. The molecule has 0 heterocycles. The third kappa shape index (κ3) is 4.12. The van der Waals surface area contributed by atoms with Gasteiger partial charge >= 0.3 is 0 Å². The van der Waals surface area contributed by atoms with E-state index >= 15 is 0 Å². The summed E-state index contributed by atoms with van der Waals surface area (Å²) in [6, 6.07) is 0.849. The Kier molecular flexibility index (Phi) is 5.45. The highest BCUT2D eigenvalue weighted by atomic mass is 14.9. The molecule has 0 saturated heterocycles. The largest absolute Gasteiger partial charge is 0.314 e. The van der Waals surface area contributed by atoms with Gasteiger partial charge in [0.25, 0.3) is 0 Å². The van der Waals surface area contributed by atoms with Crippen LogP contribution in [-0.4, -0.2) is 12.6 Å². The summed E-state index contributed by atoms with van der Waals surface area (Å²) in [6.07, 6.45) is 9.89. The van der Waals surface area contributed by atoms with E-state index in [1.807, 2.05) is 0 Å². The fraction of sp³-hybridized carbons (Fsp3) is 1.00. The lowest BCUT2D eigenvalue weighted by Crippen LogP contribution is -2.26. The molecule has 0 radical (unpaired) electrons. The van der Waals surface area contributed by atoms with Gasteiger partial charge < -0.3 is 5.32 Å². The van der Waals surface area contributed by atoms with Crippen molar-refractivity contribution >= 4 is 0 Å². The van der Waals surface area contributed by atoms with Gasteiger partial charge in [0, 0.05) is 6.04 Å². The molecule has 0 amide bonds. The molecule has 78 valence electrons. The summed E-state index contributed by atoms with van der Waals surface area (Å²) in [7, 11) is 0. The molecule has 1 fully saturated rings. The van der Waals surface area contributed by atoms with Gasteiger partial charge in [0.05, 0.1) is 0 Å². The Hall–Kier alpha value is -0.0400. The highest BCUT2D eigenvalue weighted by molar-refractivity contribution is 4.80. The van der Waals surface area contributed by atoms with Crippen molar-refractivity contribution < 1.29 is 0 Å². The van der Waals surface area contributed by atoms with Crippen molar-refractivity contribution in [2.45, 2.75) is 64.8 Å². The van der Waals surface area contributed by atoms with Crippen molar-refractivity contribution in [3.05, 3.63) is 0 Å². The van der Waals surface area contributed by atoms with Crippen LogP contribution in [0.3, 0.4) is 0 Å². The molecule has 1 N–H and O–H groups in total. The molecule has 0 aromatic heterocycles. The highest BCUT2D eigenvalue weighted by Crippen LogP contribution is 2.29. The summed E-state index contributed by atoms with van der Waals surface area (Å²) in [6.45, 7) is 5.75. The van der Waals surface area contributed by atoms with Gasteiger partial charge in [-0.2, -0.15) is 0 Å². The van der Waals surface area contributed by atoms with E-state index < -0.39 is 0 Å². The molecule has 1 heteroatoms. The molecule has 1 nitrogen and oxygen atoms in total. The Bertz CT molecular complexity index is 108. The number of nitrogens with one attached hydrogen (secondary N) is 1. The lowest BCUT2D eigenvalue weighted by molar-refractivity contribution is 0.450. The van der Waals surface area contributed by atoms with Gasteiger partial charge in [-0.1, -0.05) is 33.1 Å². The van der Waals surface area contributed by atoms with Crippen LogP contribution in [0.15, 0.2) is 0 Å². The van der Waals surface area contributed by atoms with Crippen molar-refractivity contribution in [1.82, 2.24) is 5.32 Å². The van der Waals surface area contributed by atoms with Gasteiger partial charge in [0.2, 0.25) is 0 Å². The maximum absolute atomic E-state index is 3.64. The molecule has 1 saturated carbocycles. The minimum Gasteiger partial charge on any atom is -0.314 e. The lowest BCUT2D eigenvalue weighted by atomic mass is 10.0. The van der Waals surface area contributed by atoms with Crippen molar-refractivity contribution in [2.75, 3.05) is 6.54 Å². The van der Waals surface area contributed by atoms with Crippen molar-refractivity contribution in [2.24, 2.45) is 5.92 Å². The monoisotopic (exact) mass is 183 g/mol. The van der Waals surface area contributed by atoms with Gasteiger partial charge in [-0.3, -0.25) is 0 Å². The fourth-order valence-electron chi connectivity index (χ4n) is 2.36. The Morgan fingerprint density at radius 1 is 1.15 bits per heavy atom. The molecule has 1 aliphatic carbocycles. The average Bonchev–Trinajstić information content (AvgIpc) is 2.59. The number of unbranched alkanes of at least 4 members (excludes halogenated alkanes) is 1. The van der Waals surface area contributed by atoms with Crippen LogP contribution >= 0.6 is 0 Å². The summed E-state index contributed by atoms with van der Waals surface area (Å²) < 4.78 is 0. The van der Waals surface area contributed by atoms with Crippen LogP contribution in [-0.2, 0) is 0 Å². The summed E-state index contributed by atoms with van der Waals surface area (Å²) >= 11 is 0. The number of rotatable bonds is 6. The zero-order valence-corrected chi connectivity index (χ0v) is 9.31. The molecule has 0 aromatic carbocycles. The molecular weight excluding hydrogens is 158 g/mol. The predicted molar refractivity (Wildman–Crippen MR) is 58.9 cm³/mol. The van der Waals surface area contributed by atoms with Crippen LogP contribution in [0.1, 0.15) is 58.8 Å². The zero-order valence-electron chi connectivity index (χ0n) is 9.31. The maximum atomic E-state index is 3.64. The van der Waals surface area contributed by atoms with E-state index in [1.54, 1.807) is 0 Å². The maximum Gasteiger partial charge on any atom is 0.00698 e. The number of hydrogen-bond donors (Lipinski definition) is 1. The third-order valence-electron chi connectivity index (χ3n) is 3.19. The molecule has 0 bridgehead atoms. The third-order valence-corrected chi connectivity index (χ3v) is 3.19. The van der Waals surface area contributed by atoms with Crippen molar-refractivity contribution in [3.8, 4) is 0 Å². The van der Waals surface area contributed by atoms with E-state index in [9.17, 15) is 0 Å².